The second-order valence-corrected chi connectivity index (χ2v) is 6.73. The number of nitrogens with zero attached hydrogens (tertiary/aromatic N) is 2. The van der Waals surface area contributed by atoms with E-state index in [0.29, 0.717) is 17.0 Å². The monoisotopic (exact) mass is 370 g/mol. The Balaban J connectivity index is 1.47. The first-order chi connectivity index (χ1) is 13.0. The summed E-state index contributed by atoms with van der Waals surface area (Å²) in [5.74, 6) is -0.961. The smallest absolute Gasteiger partial charge is 0.338 e. The molecular weight excluding hydrogens is 348 g/mol. The third-order valence-electron chi connectivity index (χ3n) is 4.72. The number of benzene rings is 1. The first-order valence-corrected chi connectivity index (χ1v) is 9.01. The van der Waals surface area contributed by atoms with Gasteiger partial charge in [0.05, 0.1) is 16.6 Å². The molecular formula is C19H22N4O4. The molecule has 1 aromatic carbocycles. The molecule has 1 aromatic heterocycles. The second-order valence-electron chi connectivity index (χ2n) is 6.73. The van der Waals surface area contributed by atoms with Gasteiger partial charge in [-0.2, -0.15) is 0 Å². The average Bonchev–Trinajstić information content (AvgIpc) is 2.67. The Morgan fingerprint density at radius 2 is 1.85 bits per heavy atom. The molecule has 2 unspecified atom stereocenters. The molecule has 2 atom stereocenters. The molecule has 1 saturated carbocycles. The predicted octanol–water partition coefficient (Wildman–Crippen LogP) is 2.19. The Kier molecular flexibility index (Phi) is 5.95. The van der Waals surface area contributed by atoms with E-state index in [1.165, 1.54) is 6.20 Å². The first-order valence-electron chi connectivity index (χ1n) is 9.01. The van der Waals surface area contributed by atoms with E-state index in [9.17, 15) is 14.4 Å². The summed E-state index contributed by atoms with van der Waals surface area (Å²) in [5.41, 5.74) is 1.47. The molecule has 1 fully saturated rings. The SMILES string of the molecule is CC1CCCCC1NC(=O)NC(=O)COC(=O)c1ccc2nccnc2c1. The van der Waals surface area contributed by atoms with Crippen LogP contribution in [0.5, 0.6) is 0 Å². The summed E-state index contributed by atoms with van der Waals surface area (Å²) < 4.78 is 4.97. The molecule has 1 aliphatic carbocycles. The molecule has 2 N–H and O–H groups in total. The minimum Gasteiger partial charge on any atom is -0.452 e. The summed E-state index contributed by atoms with van der Waals surface area (Å²) in [5, 5.41) is 5.01. The minimum atomic E-state index is -0.676. The van der Waals surface area contributed by atoms with Crippen LogP contribution in [-0.2, 0) is 9.53 Å². The topological polar surface area (TPSA) is 110 Å². The van der Waals surface area contributed by atoms with Crippen LogP contribution in [0.15, 0.2) is 30.6 Å². The van der Waals surface area contributed by atoms with Crippen molar-refractivity contribution in [1.82, 2.24) is 20.6 Å². The van der Waals surface area contributed by atoms with Crippen molar-refractivity contribution in [3.05, 3.63) is 36.2 Å². The molecule has 27 heavy (non-hydrogen) atoms. The van der Waals surface area contributed by atoms with Crippen molar-refractivity contribution in [3.8, 4) is 0 Å². The molecule has 1 aliphatic rings. The van der Waals surface area contributed by atoms with Crippen molar-refractivity contribution < 1.29 is 19.1 Å². The number of hydrogen-bond acceptors (Lipinski definition) is 6. The molecule has 0 saturated heterocycles. The van der Waals surface area contributed by atoms with E-state index in [2.05, 4.69) is 27.5 Å². The molecule has 0 radical (unpaired) electrons. The number of carbonyl (C=O) groups is 3. The van der Waals surface area contributed by atoms with Gasteiger partial charge in [-0.15, -0.1) is 0 Å². The standard InChI is InChI=1S/C19H22N4O4/c1-12-4-2-3-5-14(12)22-19(26)23-17(24)11-27-18(25)13-6-7-15-16(10-13)21-9-8-20-15/h6-10,12,14H,2-5,11H2,1H3,(H2,22,23,24,26). The van der Waals surface area contributed by atoms with Crippen LogP contribution in [-0.4, -0.2) is 40.5 Å². The zero-order valence-electron chi connectivity index (χ0n) is 15.1. The van der Waals surface area contributed by atoms with E-state index in [0.717, 1.165) is 25.7 Å². The number of hydrogen-bond donors (Lipinski definition) is 2. The lowest BCUT2D eigenvalue weighted by molar-refractivity contribution is -0.123. The van der Waals surface area contributed by atoms with Crippen molar-refractivity contribution >= 4 is 28.9 Å². The average molecular weight is 370 g/mol. The first kappa shape index (κ1) is 18.8. The number of aromatic nitrogens is 2. The van der Waals surface area contributed by atoms with Gasteiger partial charge in [0.1, 0.15) is 0 Å². The van der Waals surface area contributed by atoms with Gasteiger partial charge in [-0.05, 0) is 37.0 Å². The fourth-order valence-corrected chi connectivity index (χ4v) is 3.20. The van der Waals surface area contributed by atoms with Crippen LogP contribution in [0.2, 0.25) is 0 Å². The minimum absolute atomic E-state index is 0.0628. The van der Waals surface area contributed by atoms with Gasteiger partial charge in [0.2, 0.25) is 0 Å². The lowest BCUT2D eigenvalue weighted by Crippen LogP contribution is -2.48. The predicted molar refractivity (Wildman–Crippen MR) is 97.9 cm³/mol. The molecule has 3 rings (SSSR count). The molecule has 0 spiro atoms. The van der Waals surface area contributed by atoms with Gasteiger partial charge >= 0.3 is 12.0 Å². The van der Waals surface area contributed by atoms with Crippen molar-refractivity contribution in [2.45, 2.75) is 38.6 Å². The van der Waals surface area contributed by atoms with E-state index in [1.54, 1.807) is 24.4 Å². The molecule has 142 valence electrons. The summed E-state index contributed by atoms with van der Waals surface area (Å²) in [6.07, 6.45) is 7.28. The second kappa shape index (κ2) is 8.57. The third-order valence-corrected chi connectivity index (χ3v) is 4.72. The molecule has 0 aliphatic heterocycles. The highest BCUT2D eigenvalue weighted by Gasteiger charge is 2.23. The fraction of sp³-hybridized carbons (Fsp3) is 0.421. The van der Waals surface area contributed by atoms with E-state index >= 15 is 0 Å². The van der Waals surface area contributed by atoms with Crippen molar-refractivity contribution in [1.29, 1.82) is 0 Å². The molecule has 0 bridgehead atoms. The largest absolute Gasteiger partial charge is 0.452 e. The highest BCUT2D eigenvalue weighted by atomic mass is 16.5. The van der Waals surface area contributed by atoms with Gasteiger partial charge in [0.15, 0.2) is 6.61 Å². The van der Waals surface area contributed by atoms with Gasteiger partial charge in [0, 0.05) is 18.4 Å². The zero-order chi connectivity index (χ0) is 19.2. The van der Waals surface area contributed by atoms with Crippen molar-refractivity contribution in [2.24, 2.45) is 5.92 Å². The van der Waals surface area contributed by atoms with Crippen LogP contribution in [0.25, 0.3) is 11.0 Å². The molecule has 1 heterocycles. The third kappa shape index (κ3) is 4.99. The molecule has 2 aromatic rings. The van der Waals surface area contributed by atoms with Crippen molar-refractivity contribution in [2.75, 3.05) is 6.61 Å². The van der Waals surface area contributed by atoms with Crippen LogP contribution < -0.4 is 10.6 Å². The maximum Gasteiger partial charge on any atom is 0.338 e. The van der Waals surface area contributed by atoms with Crippen LogP contribution in [0.3, 0.4) is 0 Å². The number of carbonyl (C=O) groups excluding carboxylic acids is 3. The fourth-order valence-electron chi connectivity index (χ4n) is 3.20. The Bertz CT molecular complexity index is 854. The highest BCUT2D eigenvalue weighted by molar-refractivity contribution is 5.98. The number of nitrogens with one attached hydrogen (secondary N) is 2. The van der Waals surface area contributed by atoms with Gasteiger partial charge in [-0.3, -0.25) is 20.1 Å². The Labute approximate surface area is 156 Å². The number of imide groups is 1. The molecule has 8 nitrogen and oxygen atoms in total. The number of amides is 3. The summed E-state index contributed by atoms with van der Waals surface area (Å²) in [4.78, 5) is 44.1. The van der Waals surface area contributed by atoms with Crippen molar-refractivity contribution in [3.63, 3.8) is 0 Å². The Morgan fingerprint density at radius 3 is 2.63 bits per heavy atom. The summed E-state index contributed by atoms with van der Waals surface area (Å²) >= 11 is 0. The lowest BCUT2D eigenvalue weighted by Gasteiger charge is -2.29. The maximum absolute atomic E-state index is 12.1. The highest BCUT2D eigenvalue weighted by Crippen LogP contribution is 2.23. The van der Waals surface area contributed by atoms with E-state index in [1.807, 2.05) is 0 Å². The zero-order valence-corrected chi connectivity index (χ0v) is 15.1. The van der Waals surface area contributed by atoms with Gasteiger partial charge in [-0.1, -0.05) is 19.8 Å². The van der Waals surface area contributed by atoms with E-state index in [-0.39, 0.29) is 11.6 Å². The number of urea groups is 1. The number of rotatable bonds is 4. The molecule has 3 amide bonds. The number of esters is 1. The van der Waals surface area contributed by atoms with Crippen LogP contribution in [0.1, 0.15) is 43.0 Å². The van der Waals surface area contributed by atoms with Gasteiger partial charge < -0.3 is 10.1 Å². The van der Waals surface area contributed by atoms with E-state index in [4.69, 9.17) is 4.74 Å². The number of fused-ring (bicyclic) bond motifs is 1. The summed E-state index contributed by atoms with van der Waals surface area (Å²) in [6.45, 7) is 1.55. The van der Waals surface area contributed by atoms with Gasteiger partial charge in [-0.25, -0.2) is 9.59 Å². The van der Waals surface area contributed by atoms with Crippen LogP contribution in [0.4, 0.5) is 4.79 Å². The van der Waals surface area contributed by atoms with Gasteiger partial charge in [0.25, 0.3) is 5.91 Å². The number of ether oxygens (including phenoxy) is 1. The maximum atomic E-state index is 12.1. The van der Waals surface area contributed by atoms with Crippen LogP contribution in [0, 0.1) is 5.92 Å². The Morgan fingerprint density at radius 1 is 1.11 bits per heavy atom. The Hall–Kier alpha value is -3.03. The summed E-state index contributed by atoms with van der Waals surface area (Å²) in [7, 11) is 0. The normalized spacial score (nSPS) is 19.3. The van der Waals surface area contributed by atoms with E-state index < -0.39 is 24.5 Å². The lowest BCUT2D eigenvalue weighted by atomic mass is 9.86. The molecule has 8 heteroatoms. The van der Waals surface area contributed by atoms with Crippen LogP contribution >= 0.6 is 0 Å². The summed E-state index contributed by atoms with van der Waals surface area (Å²) in [6, 6.07) is 4.25. The quantitative estimate of drug-likeness (QED) is 0.798.